The van der Waals surface area contributed by atoms with Gasteiger partial charge in [0.15, 0.2) is 0 Å². The van der Waals surface area contributed by atoms with E-state index in [-0.39, 0.29) is 0 Å². The maximum Gasteiger partial charge on any atom is 0.0547 e. The van der Waals surface area contributed by atoms with Gasteiger partial charge in [0.1, 0.15) is 0 Å². The second-order valence-corrected chi connectivity index (χ2v) is 3.96. The molecule has 0 spiro atoms. The molecule has 0 bridgehead atoms. The topological polar surface area (TPSA) is 0 Å². The van der Waals surface area contributed by atoms with Crippen molar-refractivity contribution >= 4 is 29.4 Å². The van der Waals surface area contributed by atoms with E-state index in [4.69, 9.17) is 11.6 Å². The van der Waals surface area contributed by atoms with Crippen molar-refractivity contribution in [2.24, 2.45) is 0 Å². The van der Waals surface area contributed by atoms with Gasteiger partial charge in [0.25, 0.3) is 0 Å². The Labute approximate surface area is 89.0 Å². The smallest absolute Gasteiger partial charge is 0.0547 e. The molecule has 70 valence electrons. The van der Waals surface area contributed by atoms with Crippen LogP contribution in [0.1, 0.15) is 18.9 Å². The van der Waals surface area contributed by atoms with Crippen LogP contribution >= 0.6 is 23.4 Å². The number of hydrogen-bond donors (Lipinski definition) is 0. The van der Waals surface area contributed by atoms with Crippen molar-refractivity contribution in [1.29, 1.82) is 0 Å². The minimum Gasteiger partial charge on any atom is -0.128 e. The van der Waals surface area contributed by atoms with Gasteiger partial charge in [-0.2, -0.15) is 0 Å². The molecule has 0 heterocycles. The summed E-state index contributed by atoms with van der Waals surface area (Å²) in [6.07, 6.45) is 7.31. The Bertz CT molecular complexity index is 305. The van der Waals surface area contributed by atoms with Crippen molar-refractivity contribution < 1.29 is 0 Å². The van der Waals surface area contributed by atoms with Gasteiger partial charge in [-0.3, -0.25) is 0 Å². The highest BCUT2D eigenvalue weighted by atomic mass is 35.5. The molecule has 0 unspecified atom stereocenters. The van der Waals surface area contributed by atoms with Crippen LogP contribution in [0.25, 0.3) is 6.08 Å². The second kappa shape index (κ2) is 5.36. The Balaban J connectivity index is 2.89. The third-order valence-corrected chi connectivity index (χ3v) is 2.94. The summed E-state index contributed by atoms with van der Waals surface area (Å²) in [6.45, 7) is 2.12. The minimum absolute atomic E-state index is 0.839. The molecule has 13 heavy (non-hydrogen) atoms. The molecule has 0 saturated heterocycles. The SMILES string of the molecule is CCC=Cc1ccc(SC)c(Cl)c1. The van der Waals surface area contributed by atoms with Crippen LogP contribution in [0.2, 0.25) is 5.02 Å². The largest absolute Gasteiger partial charge is 0.128 e. The van der Waals surface area contributed by atoms with Crippen LogP contribution in [0.15, 0.2) is 29.2 Å². The van der Waals surface area contributed by atoms with Gasteiger partial charge in [-0.25, -0.2) is 0 Å². The molecule has 2 heteroatoms. The molecule has 1 aromatic rings. The fraction of sp³-hybridized carbons (Fsp3) is 0.273. The number of rotatable bonds is 3. The van der Waals surface area contributed by atoms with E-state index in [1.807, 2.05) is 12.3 Å². The van der Waals surface area contributed by atoms with Crippen LogP contribution in [0, 0.1) is 0 Å². The monoisotopic (exact) mass is 212 g/mol. The summed E-state index contributed by atoms with van der Waals surface area (Å²) in [6, 6.07) is 6.14. The van der Waals surface area contributed by atoms with Crippen molar-refractivity contribution in [2.45, 2.75) is 18.2 Å². The van der Waals surface area contributed by atoms with Crippen LogP contribution in [0.4, 0.5) is 0 Å². The van der Waals surface area contributed by atoms with Crippen LogP contribution in [-0.2, 0) is 0 Å². The van der Waals surface area contributed by atoms with Crippen molar-refractivity contribution in [3.63, 3.8) is 0 Å². The molecule has 0 N–H and O–H groups in total. The van der Waals surface area contributed by atoms with Crippen LogP contribution in [0.5, 0.6) is 0 Å². The number of allylic oxidation sites excluding steroid dienone is 1. The first-order valence-corrected chi connectivity index (χ1v) is 5.88. The molecule has 0 aromatic heterocycles. The minimum atomic E-state index is 0.839. The van der Waals surface area contributed by atoms with Gasteiger partial charge in [-0.15, -0.1) is 11.8 Å². The molecule has 0 saturated carbocycles. The Morgan fingerprint density at radius 1 is 1.46 bits per heavy atom. The lowest BCUT2D eigenvalue weighted by molar-refractivity contribution is 1.23. The molecule has 0 fully saturated rings. The highest BCUT2D eigenvalue weighted by molar-refractivity contribution is 7.98. The molecular weight excluding hydrogens is 200 g/mol. The summed E-state index contributed by atoms with van der Waals surface area (Å²) in [5.74, 6) is 0. The summed E-state index contributed by atoms with van der Waals surface area (Å²) in [4.78, 5) is 1.13. The normalized spacial score (nSPS) is 11.0. The fourth-order valence-electron chi connectivity index (χ4n) is 1.04. The highest BCUT2D eigenvalue weighted by Crippen LogP contribution is 2.26. The van der Waals surface area contributed by atoms with E-state index >= 15 is 0 Å². The average molecular weight is 213 g/mol. The van der Waals surface area contributed by atoms with Gasteiger partial charge >= 0.3 is 0 Å². The van der Waals surface area contributed by atoms with E-state index in [1.165, 1.54) is 5.56 Å². The third kappa shape index (κ3) is 3.09. The molecule has 0 nitrogen and oxygen atoms in total. The lowest BCUT2D eigenvalue weighted by Gasteiger charge is -2.00. The van der Waals surface area contributed by atoms with Crippen LogP contribution in [0.3, 0.4) is 0 Å². The first-order chi connectivity index (χ1) is 6.27. The molecular formula is C11H13ClS. The Hall–Kier alpha value is -0.400. The van der Waals surface area contributed by atoms with Crippen molar-refractivity contribution in [3.8, 4) is 0 Å². The Kier molecular flexibility index (Phi) is 4.40. The van der Waals surface area contributed by atoms with E-state index in [2.05, 4.69) is 31.2 Å². The van der Waals surface area contributed by atoms with Gasteiger partial charge < -0.3 is 0 Å². The van der Waals surface area contributed by atoms with Gasteiger partial charge in [0.2, 0.25) is 0 Å². The van der Waals surface area contributed by atoms with E-state index in [0.717, 1.165) is 16.3 Å². The third-order valence-electron chi connectivity index (χ3n) is 1.72. The van der Waals surface area contributed by atoms with Crippen molar-refractivity contribution in [1.82, 2.24) is 0 Å². The predicted octanol–water partition coefficient (Wildman–Crippen LogP) is 4.49. The van der Waals surface area contributed by atoms with Gasteiger partial charge in [0.05, 0.1) is 5.02 Å². The molecule has 1 rings (SSSR count). The zero-order chi connectivity index (χ0) is 9.68. The van der Waals surface area contributed by atoms with E-state index in [1.54, 1.807) is 11.8 Å². The van der Waals surface area contributed by atoms with E-state index in [9.17, 15) is 0 Å². The number of benzene rings is 1. The number of halogens is 1. The van der Waals surface area contributed by atoms with E-state index < -0.39 is 0 Å². The van der Waals surface area contributed by atoms with Crippen LogP contribution in [-0.4, -0.2) is 6.26 Å². The maximum absolute atomic E-state index is 6.05. The highest BCUT2D eigenvalue weighted by Gasteiger charge is 1.97. The fourth-order valence-corrected chi connectivity index (χ4v) is 1.92. The van der Waals surface area contributed by atoms with Gasteiger partial charge in [0, 0.05) is 4.90 Å². The first kappa shape index (κ1) is 10.7. The van der Waals surface area contributed by atoms with E-state index in [0.29, 0.717) is 0 Å². The second-order valence-electron chi connectivity index (χ2n) is 2.70. The van der Waals surface area contributed by atoms with Gasteiger partial charge in [-0.1, -0.05) is 36.7 Å². The van der Waals surface area contributed by atoms with Crippen LogP contribution < -0.4 is 0 Å². The zero-order valence-corrected chi connectivity index (χ0v) is 9.45. The summed E-state index contributed by atoms with van der Waals surface area (Å²) < 4.78 is 0. The predicted molar refractivity (Wildman–Crippen MR) is 62.6 cm³/mol. The molecule has 1 aromatic carbocycles. The van der Waals surface area contributed by atoms with Gasteiger partial charge in [-0.05, 0) is 30.4 Å². The summed E-state index contributed by atoms with van der Waals surface area (Å²) in [5.41, 5.74) is 1.17. The lowest BCUT2D eigenvalue weighted by atomic mass is 10.2. The Morgan fingerprint density at radius 3 is 2.77 bits per heavy atom. The number of hydrogen-bond acceptors (Lipinski definition) is 1. The van der Waals surface area contributed by atoms with Crippen molar-refractivity contribution in [2.75, 3.05) is 6.26 Å². The molecule has 0 amide bonds. The molecule has 0 aliphatic carbocycles. The zero-order valence-electron chi connectivity index (χ0n) is 7.88. The molecule has 0 atom stereocenters. The average Bonchev–Trinajstić information content (AvgIpc) is 2.15. The lowest BCUT2D eigenvalue weighted by Crippen LogP contribution is -1.76. The standard InChI is InChI=1S/C11H13ClS/c1-3-4-5-9-6-7-11(13-2)10(12)8-9/h4-8H,3H2,1-2H3. The summed E-state index contributed by atoms with van der Waals surface area (Å²) in [7, 11) is 0. The molecule has 0 aliphatic heterocycles. The molecule has 0 radical (unpaired) electrons. The quantitative estimate of drug-likeness (QED) is 0.666. The number of thioether (sulfide) groups is 1. The summed E-state index contributed by atoms with van der Waals surface area (Å²) in [5, 5.41) is 0.839. The first-order valence-electron chi connectivity index (χ1n) is 4.28. The maximum atomic E-state index is 6.05. The molecule has 0 aliphatic rings. The van der Waals surface area contributed by atoms with Crippen molar-refractivity contribution in [3.05, 3.63) is 34.9 Å². The Morgan fingerprint density at radius 2 is 2.23 bits per heavy atom. The summed E-state index contributed by atoms with van der Waals surface area (Å²) >= 11 is 7.73.